The number of amides is 1. The third-order valence-electron chi connectivity index (χ3n) is 1.63. The highest BCUT2D eigenvalue weighted by molar-refractivity contribution is 5.75. The molecule has 15 heavy (non-hydrogen) atoms. The van der Waals surface area contributed by atoms with Crippen molar-refractivity contribution in [3.05, 3.63) is 24.3 Å². The second-order valence-electron chi connectivity index (χ2n) is 2.84. The average molecular weight is 204 g/mol. The van der Waals surface area contributed by atoms with Gasteiger partial charge in [-0.3, -0.25) is 4.79 Å². The summed E-state index contributed by atoms with van der Waals surface area (Å²) in [5.41, 5.74) is 5.84. The molecule has 0 spiro atoms. The Morgan fingerprint density at radius 1 is 1.47 bits per heavy atom. The van der Waals surface area contributed by atoms with Gasteiger partial charge in [0.25, 0.3) is 5.91 Å². The predicted octanol–water partition coefficient (Wildman–Crippen LogP) is 0.596. The van der Waals surface area contributed by atoms with E-state index < -0.39 is 5.91 Å². The number of carbonyl (C=O) groups excluding carboxylic acids is 1. The molecule has 0 heterocycles. The Bertz CT molecular complexity index is 365. The van der Waals surface area contributed by atoms with Crippen molar-refractivity contribution in [2.45, 2.75) is 0 Å². The van der Waals surface area contributed by atoms with Crippen LogP contribution >= 0.6 is 0 Å². The van der Waals surface area contributed by atoms with Crippen molar-refractivity contribution in [3.63, 3.8) is 0 Å². The van der Waals surface area contributed by atoms with Crippen LogP contribution in [0.5, 0.6) is 5.75 Å². The van der Waals surface area contributed by atoms with Gasteiger partial charge in [0.15, 0.2) is 6.61 Å². The maximum atomic E-state index is 10.4. The largest absolute Gasteiger partial charge is 0.484 e. The van der Waals surface area contributed by atoms with Gasteiger partial charge in [-0.1, -0.05) is 5.92 Å². The summed E-state index contributed by atoms with van der Waals surface area (Å²) in [7, 11) is 0. The number of hydrogen-bond donors (Lipinski definition) is 2. The van der Waals surface area contributed by atoms with E-state index in [4.69, 9.17) is 16.9 Å². The van der Waals surface area contributed by atoms with Crippen molar-refractivity contribution in [2.75, 3.05) is 18.5 Å². The maximum Gasteiger partial charge on any atom is 0.255 e. The summed E-state index contributed by atoms with van der Waals surface area (Å²) in [6.07, 6.45) is 5.10. The molecule has 1 rings (SSSR count). The van der Waals surface area contributed by atoms with E-state index in [-0.39, 0.29) is 6.61 Å². The van der Waals surface area contributed by atoms with Crippen LogP contribution in [0.1, 0.15) is 0 Å². The van der Waals surface area contributed by atoms with Gasteiger partial charge >= 0.3 is 0 Å². The summed E-state index contributed by atoms with van der Waals surface area (Å²) < 4.78 is 5.08. The van der Waals surface area contributed by atoms with Crippen LogP contribution in [0.3, 0.4) is 0 Å². The summed E-state index contributed by atoms with van der Waals surface area (Å²) in [4.78, 5) is 10.4. The van der Waals surface area contributed by atoms with Crippen LogP contribution in [0.2, 0.25) is 0 Å². The molecule has 78 valence electrons. The van der Waals surface area contributed by atoms with Crippen LogP contribution in [0.25, 0.3) is 0 Å². The fourth-order valence-electron chi connectivity index (χ4n) is 0.977. The van der Waals surface area contributed by atoms with E-state index in [0.717, 1.165) is 5.69 Å². The van der Waals surface area contributed by atoms with E-state index in [0.29, 0.717) is 12.3 Å². The van der Waals surface area contributed by atoms with E-state index in [1.807, 2.05) is 12.1 Å². The van der Waals surface area contributed by atoms with Gasteiger partial charge in [0, 0.05) is 5.69 Å². The molecule has 4 heteroatoms. The predicted molar refractivity (Wildman–Crippen MR) is 58.5 cm³/mol. The van der Waals surface area contributed by atoms with Gasteiger partial charge in [0.05, 0.1) is 6.54 Å². The fourth-order valence-corrected chi connectivity index (χ4v) is 0.977. The summed E-state index contributed by atoms with van der Waals surface area (Å²) in [6, 6.07) is 7.10. The molecular formula is C11H12N2O2. The molecule has 0 unspecified atom stereocenters. The van der Waals surface area contributed by atoms with Crippen LogP contribution in [0.4, 0.5) is 5.69 Å². The first kappa shape index (κ1) is 10.9. The van der Waals surface area contributed by atoms with E-state index >= 15 is 0 Å². The average Bonchev–Trinajstić information content (AvgIpc) is 2.25. The Labute approximate surface area is 88.4 Å². The summed E-state index contributed by atoms with van der Waals surface area (Å²) in [5, 5.41) is 3.00. The minimum atomic E-state index is -0.496. The van der Waals surface area contributed by atoms with Crippen molar-refractivity contribution < 1.29 is 9.53 Å². The maximum absolute atomic E-state index is 10.4. The molecule has 0 aromatic heterocycles. The van der Waals surface area contributed by atoms with Crippen LogP contribution in [0.15, 0.2) is 24.3 Å². The number of carbonyl (C=O) groups is 1. The van der Waals surface area contributed by atoms with Crippen LogP contribution in [-0.4, -0.2) is 19.1 Å². The third-order valence-corrected chi connectivity index (χ3v) is 1.63. The molecule has 0 saturated carbocycles. The van der Waals surface area contributed by atoms with Gasteiger partial charge in [0.2, 0.25) is 0 Å². The lowest BCUT2D eigenvalue weighted by atomic mass is 10.3. The highest BCUT2D eigenvalue weighted by Gasteiger charge is 1.97. The number of benzene rings is 1. The number of nitrogens with two attached hydrogens (primary N) is 1. The molecule has 0 fully saturated rings. The number of anilines is 1. The number of nitrogens with one attached hydrogen (secondary N) is 1. The number of ether oxygens (including phenoxy) is 1. The number of hydrogen-bond acceptors (Lipinski definition) is 3. The quantitative estimate of drug-likeness (QED) is 0.690. The minimum absolute atomic E-state index is 0.114. The number of rotatable bonds is 5. The normalized spacial score (nSPS) is 9.00. The van der Waals surface area contributed by atoms with E-state index in [2.05, 4.69) is 11.2 Å². The first-order valence-corrected chi connectivity index (χ1v) is 4.41. The first-order chi connectivity index (χ1) is 7.22. The molecular weight excluding hydrogens is 192 g/mol. The van der Waals surface area contributed by atoms with Gasteiger partial charge in [0.1, 0.15) is 5.75 Å². The first-order valence-electron chi connectivity index (χ1n) is 4.41. The third kappa shape index (κ3) is 4.05. The van der Waals surface area contributed by atoms with Gasteiger partial charge in [-0.05, 0) is 24.3 Å². The van der Waals surface area contributed by atoms with Crippen molar-refractivity contribution in [1.29, 1.82) is 0 Å². The molecule has 1 aromatic carbocycles. The Hall–Kier alpha value is -2.15. The van der Waals surface area contributed by atoms with Crippen LogP contribution in [-0.2, 0) is 4.79 Å². The molecule has 1 aromatic rings. The van der Waals surface area contributed by atoms with E-state index in [9.17, 15) is 4.79 Å². The summed E-state index contributed by atoms with van der Waals surface area (Å²) >= 11 is 0. The smallest absolute Gasteiger partial charge is 0.255 e. The Morgan fingerprint density at radius 3 is 2.67 bits per heavy atom. The standard InChI is InChI=1S/C11H12N2O2/c1-2-7-13-9-3-5-10(6-4-9)15-8-11(12)14/h1,3-6,13H,7-8H2,(H2,12,14). The van der Waals surface area contributed by atoms with Gasteiger partial charge in [-0.2, -0.15) is 0 Å². The molecule has 0 bridgehead atoms. The molecule has 0 saturated heterocycles. The Balaban J connectivity index is 2.49. The Morgan fingerprint density at radius 2 is 2.13 bits per heavy atom. The lowest BCUT2D eigenvalue weighted by Gasteiger charge is -2.05. The zero-order valence-electron chi connectivity index (χ0n) is 8.19. The summed E-state index contributed by atoms with van der Waals surface area (Å²) in [5.74, 6) is 2.57. The van der Waals surface area contributed by atoms with Crippen LogP contribution < -0.4 is 15.8 Å². The van der Waals surface area contributed by atoms with E-state index in [1.54, 1.807) is 12.1 Å². The molecule has 0 radical (unpaired) electrons. The second-order valence-corrected chi connectivity index (χ2v) is 2.84. The second kappa shape index (κ2) is 5.55. The van der Waals surface area contributed by atoms with Crippen LogP contribution in [0, 0.1) is 12.3 Å². The molecule has 4 nitrogen and oxygen atoms in total. The SMILES string of the molecule is C#CCNc1ccc(OCC(N)=O)cc1. The number of primary amides is 1. The van der Waals surface area contributed by atoms with Gasteiger partial charge < -0.3 is 15.8 Å². The highest BCUT2D eigenvalue weighted by Crippen LogP contribution is 2.15. The van der Waals surface area contributed by atoms with Crippen molar-refractivity contribution in [3.8, 4) is 18.1 Å². The zero-order valence-corrected chi connectivity index (χ0v) is 8.19. The van der Waals surface area contributed by atoms with Crippen molar-refractivity contribution >= 4 is 11.6 Å². The molecule has 0 aliphatic heterocycles. The lowest BCUT2D eigenvalue weighted by Crippen LogP contribution is -2.19. The molecule has 0 aliphatic carbocycles. The topological polar surface area (TPSA) is 64.3 Å². The monoisotopic (exact) mass is 204 g/mol. The molecule has 0 aliphatic rings. The van der Waals surface area contributed by atoms with Gasteiger partial charge in [-0.25, -0.2) is 0 Å². The molecule has 3 N–H and O–H groups in total. The van der Waals surface area contributed by atoms with Crippen molar-refractivity contribution in [1.82, 2.24) is 0 Å². The Kier molecular flexibility index (Phi) is 4.05. The fraction of sp³-hybridized carbons (Fsp3) is 0.182. The van der Waals surface area contributed by atoms with Gasteiger partial charge in [-0.15, -0.1) is 6.42 Å². The zero-order chi connectivity index (χ0) is 11.1. The highest BCUT2D eigenvalue weighted by atomic mass is 16.5. The van der Waals surface area contributed by atoms with E-state index in [1.165, 1.54) is 0 Å². The molecule has 1 amide bonds. The van der Waals surface area contributed by atoms with Crippen molar-refractivity contribution in [2.24, 2.45) is 5.73 Å². The number of terminal acetylenes is 1. The minimum Gasteiger partial charge on any atom is -0.484 e. The lowest BCUT2D eigenvalue weighted by molar-refractivity contribution is -0.119. The summed E-state index contributed by atoms with van der Waals surface area (Å²) in [6.45, 7) is 0.360. The molecule has 0 atom stereocenters.